The molecule has 1 unspecified atom stereocenters. The van der Waals surface area contributed by atoms with Gasteiger partial charge in [-0.2, -0.15) is 0 Å². The van der Waals surface area contributed by atoms with Gasteiger partial charge in [-0.15, -0.1) is 0 Å². The molecule has 82 valence electrons. The van der Waals surface area contributed by atoms with Crippen molar-refractivity contribution in [1.29, 1.82) is 0 Å². The minimum Gasteiger partial charge on any atom is -0.299 e. The summed E-state index contributed by atoms with van der Waals surface area (Å²) in [7, 11) is 0. The molecular weight excluding hydrogens is 230 g/mol. The molecule has 1 aromatic carbocycles. The van der Waals surface area contributed by atoms with Crippen LogP contribution in [0.4, 0.5) is 0 Å². The van der Waals surface area contributed by atoms with Gasteiger partial charge in [0.1, 0.15) is 0 Å². The summed E-state index contributed by atoms with van der Waals surface area (Å²) in [6.07, 6.45) is 0. The number of rotatable bonds is 2. The van der Waals surface area contributed by atoms with Gasteiger partial charge in [0.05, 0.1) is 24.9 Å². The first-order chi connectivity index (χ1) is 7.18. The van der Waals surface area contributed by atoms with Crippen LogP contribution in [0.15, 0.2) is 24.3 Å². The van der Waals surface area contributed by atoms with Crippen LogP contribution in [0.2, 0.25) is 5.02 Å². The maximum Gasteiger partial charge on any atom is 0.0835 e. The summed E-state index contributed by atoms with van der Waals surface area (Å²) in [5.41, 5.74) is 1.26. The molecule has 1 aliphatic heterocycles. The van der Waals surface area contributed by atoms with Gasteiger partial charge in [0.15, 0.2) is 0 Å². The van der Waals surface area contributed by atoms with Crippen LogP contribution in [-0.2, 0) is 4.18 Å². The molecule has 1 aliphatic rings. The zero-order valence-corrected chi connectivity index (χ0v) is 10.4. The number of benzene rings is 1. The maximum atomic E-state index is 5.87. The molecule has 0 aliphatic carbocycles. The largest absolute Gasteiger partial charge is 0.299 e. The van der Waals surface area contributed by atoms with E-state index in [1.54, 1.807) is 0 Å². The van der Waals surface area contributed by atoms with Crippen LogP contribution in [0.1, 0.15) is 25.5 Å². The molecule has 0 bridgehead atoms. The van der Waals surface area contributed by atoms with Gasteiger partial charge in [-0.1, -0.05) is 23.7 Å². The minimum atomic E-state index is 0.340. The molecule has 15 heavy (non-hydrogen) atoms. The van der Waals surface area contributed by atoms with Crippen molar-refractivity contribution < 1.29 is 4.18 Å². The summed E-state index contributed by atoms with van der Waals surface area (Å²) in [6.45, 7) is 5.08. The van der Waals surface area contributed by atoms with Crippen molar-refractivity contribution in [3.63, 3.8) is 0 Å². The van der Waals surface area contributed by atoms with Gasteiger partial charge in [-0.05, 0) is 31.5 Å². The molecule has 2 rings (SSSR count). The zero-order chi connectivity index (χ0) is 10.8. The molecule has 4 heteroatoms. The SMILES string of the molecule is CC(C)N1SOCC1c1ccc(Cl)cc1. The highest BCUT2D eigenvalue weighted by Gasteiger charge is 2.30. The van der Waals surface area contributed by atoms with Gasteiger partial charge in [-0.25, -0.2) is 4.31 Å². The predicted molar refractivity (Wildman–Crippen MR) is 64.7 cm³/mol. The quantitative estimate of drug-likeness (QED) is 0.581. The van der Waals surface area contributed by atoms with Gasteiger partial charge < -0.3 is 0 Å². The molecule has 0 radical (unpaired) electrons. The molecule has 1 heterocycles. The van der Waals surface area contributed by atoms with Gasteiger partial charge in [-0.3, -0.25) is 4.18 Å². The Balaban J connectivity index is 2.19. The van der Waals surface area contributed by atoms with E-state index in [4.69, 9.17) is 15.8 Å². The second kappa shape index (κ2) is 4.74. The number of halogens is 1. The van der Waals surface area contributed by atoms with Gasteiger partial charge in [0.25, 0.3) is 0 Å². The average Bonchev–Trinajstić information content (AvgIpc) is 2.67. The maximum absolute atomic E-state index is 5.87. The first-order valence-corrected chi connectivity index (χ1v) is 6.09. The summed E-state index contributed by atoms with van der Waals surface area (Å²) < 4.78 is 7.69. The Kier molecular flexibility index (Phi) is 3.57. The van der Waals surface area contributed by atoms with Crippen LogP contribution < -0.4 is 0 Å². The topological polar surface area (TPSA) is 12.5 Å². The Labute approximate surface area is 99.9 Å². The standard InChI is InChI=1S/C11H14ClNOS/c1-8(2)13-11(7-14-15-13)9-3-5-10(12)6-4-9/h3-6,8,11H,7H2,1-2H3. The molecule has 2 nitrogen and oxygen atoms in total. The lowest BCUT2D eigenvalue weighted by atomic mass is 10.1. The molecule has 0 amide bonds. The summed E-state index contributed by atoms with van der Waals surface area (Å²) >= 11 is 7.33. The van der Waals surface area contributed by atoms with Crippen molar-refractivity contribution in [2.24, 2.45) is 0 Å². The first kappa shape index (κ1) is 11.3. The lowest BCUT2D eigenvalue weighted by Crippen LogP contribution is -2.25. The molecule has 0 aromatic heterocycles. The van der Waals surface area contributed by atoms with E-state index in [-0.39, 0.29) is 0 Å². The van der Waals surface area contributed by atoms with Crippen LogP contribution in [0.25, 0.3) is 0 Å². The lowest BCUT2D eigenvalue weighted by Gasteiger charge is -2.24. The van der Waals surface area contributed by atoms with E-state index < -0.39 is 0 Å². The normalized spacial score (nSPS) is 22.5. The molecule has 1 fully saturated rings. The van der Waals surface area contributed by atoms with Crippen molar-refractivity contribution in [2.75, 3.05) is 6.61 Å². The summed E-state index contributed by atoms with van der Waals surface area (Å²) in [5.74, 6) is 0. The van der Waals surface area contributed by atoms with Crippen LogP contribution in [0.3, 0.4) is 0 Å². The van der Waals surface area contributed by atoms with E-state index in [1.165, 1.54) is 17.8 Å². The van der Waals surface area contributed by atoms with Gasteiger partial charge in [0.2, 0.25) is 0 Å². The predicted octanol–water partition coefficient (Wildman–Crippen LogP) is 3.68. The van der Waals surface area contributed by atoms with E-state index in [0.717, 1.165) is 11.6 Å². The minimum absolute atomic E-state index is 0.340. The molecule has 0 saturated carbocycles. The molecule has 0 N–H and O–H groups in total. The number of nitrogens with zero attached hydrogens (tertiary/aromatic N) is 1. The highest BCUT2D eigenvalue weighted by Crippen LogP contribution is 2.37. The van der Waals surface area contributed by atoms with Crippen LogP contribution in [0.5, 0.6) is 0 Å². The Bertz CT molecular complexity index is 328. The molecule has 1 saturated heterocycles. The van der Waals surface area contributed by atoms with Crippen LogP contribution >= 0.6 is 23.8 Å². The number of hydrogen-bond acceptors (Lipinski definition) is 3. The Morgan fingerprint density at radius 3 is 2.67 bits per heavy atom. The van der Waals surface area contributed by atoms with Crippen molar-refractivity contribution in [2.45, 2.75) is 25.9 Å². The third-order valence-corrected chi connectivity index (χ3v) is 3.78. The van der Waals surface area contributed by atoms with E-state index in [1.807, 2.05) is 12.1 Å². The molecule has 1 aromatic rings. The number of hydrogen-bond donors (Lipinski definition) is 0. The van der Waals surface area contributed by atoms with Crippen LogP contribution in [0, 0.1) is 0 Å². The summed E-state index contributed by atoms with van der Waals surface area (Å²) in [4.78, 5) is 0. The van der Waals surface area contributed by atoms with Gasteiger partial charge in [0, 0.05) is 11.1 Å². The van der Waals surface area contributed by atoms with Gasteiger partial charge >= 0.3 is 0 Å². The monoisotopic (exact) mass is 243 g/mol. The zero-order valence-electron chi connectivity index (χ0n) is 8.81. The smallest absolute Gasteiger partial charge is 0.0835 e. The highest BCUT2D eigenvalue weighted by atomic mass is 35.5. The fourth-order valence-electron chi connectivity index (χ4n) is 1.66. The van der Waals surface area contributed by atoms with E-state index >= 15 is 0 Å². The van der Waals surface area contributed by atoms with Crippen molar-refractivity contribution >= 4 is 23.8 Å². The fourth-order valence-corrected chi connectivity index (χ4v) is 2.55. The molecule has 1 atom stereocenters. The summed E-state index contributed by atoms with van der Waals surface area (Å²) in [6, 6.07) is 8.80. The third-order valence-electron chi connectivity index (χ3n) is 2.44. The fraction of sp³-hybridized carbons (Fsp3) is 0.455. The van der Waals surface area contributed by atoms with Crippen LogP contribution in [-0.4, -0.2) is 17.0 Å². The average molecular weight is 244 g/mol. The Morgan fingerprint density at radius 1 is 1.40 bits per heavy atom. The molecule has 0 spiro atoms. The highest BCUT2D eigenvalue weighted by molar-refractivity contribution is 7.92. The Hall–Kier alpha value is -0.220. The Morgan fingerprint density at radius 2 is 2.07 bits per heavy atom. The van der Waals surface area contributed by atoms with Crippen molar-refractivity contribution in [3.8, 4) is 0 Å². The van der Waals surface area contributed by atoms with E-state index in [9.17, 15) is 0 Å². The molecular formula is C11H14ClNOS. The van der Waals surface area contributed by atoms with Crippen molar-refractivity contribution in [3.05, 3.63) is 34.9 Å². The summed E-state index contributed by atoms with van der Waals surface area (Å²) in [5, 5.41) is 0.779. The second-order valence-corrected chi connectivity index (χ2v) is 5.12. The first-order valence-electron chi connectivity index (χ1n) is 5.02. The second-order valence-electron chi connectivity index (χ2n) is 3.88. The third kappa shape index (κ3) is 2.48. The lowest BCUT2D eigenvalue weighted by molar-refractivity contribution is 0.287. The van der Waals surface area contributed by atoms with E-state index in [0.29, 0.717) is 12.1 Å². The van der Waals surface area contributed by atoms with Crippen molar-refractivity contribution in [1.82, 2.24) is 4.31 Å². The van der Waals surface area contributed by atoms with E-state index in [2.05, 4.69) is 30.3 Å².